The van der Waals surface area contributed by atoms with Gasteiger partial charge in [-0.2, -0.15) is 4.98 Å². The molecule has 0 aliphatic carbocycles. The van der Waals surface area contributed by atoms with Crippen molar-refractivity contribution in [1.82, 2.24) is 30.3 Å². The molecular weight excluding hydrogens is 314 g/mol. The maximum Gasteiger partial charge on any atom is 0.410 e. The molecule has 10 nitrogen and oxygen atoms in total. The molecule has 4 N–H and O–H groups in total. The molecule has 1 unspecified atom stereocenters. The van der Waals surface area contributed by atoms with Crippen molar-refractivity contribution in [3.05, 3.63) is 5.82 Å². The number of aromatic amines is 1. The van der Waals surface area contributed by atoms with Crippen molar-refractivity contribution in [2.24, 2.45) is 0 Å². The molecular formula is C14H23N7O3. The summed E-state index contributed by atoms with van der Waals surface area (Å²) >= 11 is 0. The van der Waals surface area contributed by atoms with E-state index in [1.54, 1.807) is 16.8 Å². The minimum absolute atomic E-state index is 0.114. The number of amides is 3. The highest BCUT2D eigenvalue weighted by atomic mass is 16.6. The van der Waals surface area contributed by atoms with Gasteiger partial charge in [0.05, 0.1) is 6.54 Å². The van der Waals surface area contributed by atoms with Crippen molar-refractivity contribution in [1.29, 1.82) is 0 Å². The number of carbonyl (C=O) groups is 2. The first kappa shape index (κ1) is 16.3. The fourth-order valence-electron chi connectivity index (χ4n) is 3.24. The second-order valence-corrected chi connectivity index (χ2v) is 6.37. The van der Waals surface area contributed by atoms with Crippen LogP contribution in [-0.4, -0.2) is 75.9 Å². The number of likely N-dealkylation sites (tertiary alicyclic amines) is 1. The molecule has 2 aliphatic heterocycles. The summed E-state index contributed by atoms with van der Waals surface area (Å²) in [6.07, 6.45) is 2.52. The van der Waals surface area contributed by atoms with Crippen LogP contribution >= 0.6 is 0 Å². The number of ether oxygens (including phenoxy) is 1. The molecule has 1 aromatic heterocycles. The number of nitrogen functional groups attached to an aromatic ring is 1. The fourth-order valence-corrected chi connectivity index (χ4v) is 3.24. The van der Waals surface area contributed by atoms with Crippen LogP contribution in [0.4, 0.5) is 15.5 Å². The fraction of sp³-hybridized carbons (Fsp3) is 0.714. The average Bonchev–Trinajstić information content (AvgIpc) is 2.98. The Hall–Kier alpha value is -2.52. The molecule has 1 spiro atoms. The number of rotatable bonds is 3. The number of carbonyl (C=O) groups excluding carboxylic acids is 2. The van der Waals surface area contributed by atoms with Gasteiger partial charge in [-0.05, 0) is 12.8 Å². The number of aromatic nitrogens is 3. The monoisotopic (exact) mass is 337 g/mol. The zero-order chi connectivity index (χ0) is 17.2. The van der Waals surface area contributed by atoms with Gasteiger partial charge >= 0.3 is 12.1 Å². The minimum atomic E-state index is -0.446. The van der Waals surface area contributed by atoms with E-state index in [0.717, 1.165) is 12.8 Å². The lowest BCUT2D eigenvalue weighted by molar-refractivity contribution is 0.0453. The quantitative estimate of drug-likeness (QED) is 0.709. The van der Waals surface area contributed by atoms with E-state index in [4.69, 9.17) is 10.5 Å². The lowest BCUT2D eigenvalue weighted by atomic mass is 9.95. The third-order valence-electron chi connectivity index (χ3n) is 4.51. The number of H-pyrrole nitrogens is 1. The van der Waals surface area contributed by atoms with Crippen molar-refractivity contribution in [2.45, 2.75) is 31.3 Å². The minimum Gasteiger partial charge on any atom is -0.441 e. The van der Waals surface area contributed by atoms with Gasteiger partial charge in [-0.3, -0.25) is 5.10 Å². The zero-order valence-corrected chi connectivity index (χ0v) is 13.7. The molecule has 0 radical (unpaired) electrons. The molecule has 3 amide bonds. The molecule has 10 heteroatoms. The van der Waals surface area contributed by atoms with E-state index in [9.17, 15) is 9.59 Å². The van der Waals surface area contributed by atoms with Gasteiger partial charge in [0.25, 0.3) is 0 Å². The first-order valence-corrected chi connectivity index (χ1v) is 8.11. The van der Waals surface area contributed by atoms with E-state index in [1.165, 1.54) is 0 Å². The molecule has 132 valence electrons. The second-order valence-electron chi connectivity index (χ2n) is 6.37. The number of urea groups is 1. The Morgan fingerprint density at radius 2 is 2.29 bits per heavy atom. The van der Waals surface area contributed by atoms with E-state index >= 15 is 0 Å². The number of anilines is 1. The third kappa shape index (κ3) is 3.52. The summed E-state index contributed by atoms with van der Waals surface area (Å²) in [5.74, 6) is 0.841. The van der Waals surface area contributed by atoms with Gasteiger partial charge in [-0.25, -0.2) is 9.59 Å². The van der Waals surface area contributed by atoms with Gasteiger partial charge in [0.2, 0.25) is 5.95 Å². The number of nitrogens with zero attached hydrogens (tertiary/aromatic N) is 4. The molecule has 24 heavy (non-hydrogen) atoms. The molecule has 3 rings (SSSR count). The van der Waals surface area contributed by atoms with E-state index in [1.807, 2.05) is 0 Å². The summed E-state index contributed by atoms with van der Waals surface area (Å²) in [7, 11) is 1.74. The summed E-state index contributed by atoms with van der Waals surface area (Å²) in [4.78, 5) is 31.3. The van der Waals surface area contributed by atoms with Gasteiger partial charge in [-0.15, -0.1) is 5.10 Å². The van der Waals surface area contributed by atoms with E-state index < -0.39 is 5.60 Å². The van der Waals surface area contributed by atoms with Crippen molar-refractivity contribution in [3.8, 4) is 0 Å². The van der Waals surface area contributed by atoms with Crippen molar-refractivity contribution in [3.63, 3.8) is 0 Å². The molecule has 2 aliphatic rings. The molecule has 1 atom stereocenters. The van der Waals surface area contributed by atoms with Crippen molar-refractivity contribution >= 4 is 18.1 Å². The van der Waals surface area contributed by atoms with Crippen LogP contribution in [0.5, 0.6) is 0 Å². The zero-order valence-electron chi connectivity index (χ0n) is 13.7. The van der Waals surface area contributed by atoms with Gasteiger partial charge in [0.1, 0.15) is 11.4 Å². The largest absolute Gasteiger partial charge is 0.441 e. The first-order valence-electron chi connectivity index (χ1n) is 8.11. The summed E-state index contributed by atoms with van der Waals surface area (Å²) < 4.78 is 5.55. The van der Waals surface area contributed by atoms with Gasteiger partial charge in [-0.1, -0.05) is 0 Å². The molecule has 0 saturated carbocycles. The van der Waals surface area contributed by atoms with Gasteiger partial charge in [0, 0.05) is 39.5 Å². The highest BCUT2D eigenvalue weighted by Gasteiger charge is 2.44. The van der Waals surface area contributed by atoms with Gasteiger partial charge < -0.3 is 25.6 Å². The van der Waals surface area contributed by atoms with E-state index in [0.29, 0.717) is 44.8 Å². The lowest BCUT2D eigenvalue weighted by Crippen LogP contribution is -2.42. The predicted molar refractivity (Wildman–Crippen MR) is 85.2 cm³/mol. The topological polar surface area (TPSA) is 129 Å². The molecule has 0 bridgehead atoms. The smallest absolute Gasteiger partial charge is 0.410 e. The number of nitrogens with two attached hydrogens (primary N) is 1. The highest BCUT2D eigenvalue weighted by Crippen LogP contribution is 2.32. The Labute approximate surface area is 139 Å². The molecule has 2 saturated heterocycles. The second kappa shape index (κ2) is 6.54. The van der Waals surface area contributed by atoms with E-state index in [2.05, 4.69) is 20.5 Å². The van der Waals surface area contributed by atoms with Crippen LogP contribution in [0.15, 0.2) is 0 Å². The Morgan fingerprint density at radius 3 is 2.96 bits per heavy atom. The Balaban J connectivity index is 1.47. The standard InChI is InChI=1S/C14H23N7O3/c1-20-9-14(24-13(20)23)4-2-7-21(8-5-14)12(22)16-6-3-10-17-11(15)19-18-10/h2-9H2,1H3,(H,16,22)(H3,15,17,18,19). The molecule has 3 heterocycles. The first-order chi connectivity index (χ1) is 11.5. The van der Waals surface area contributed by atoms with Crippen LogP contribution < -0.4 is 11.1 Å². The molecule has 2 fully saturated rings. The van der Waals surface area contributed by atoms with Crippen LogP contribution in [0, 0.1) is 0 Å². The lowest BCUT2D eigenvalue weighted by Gasteiger charge is -2.25. The van der Waals surface area contributed by atoms with Crippen LogP contribution in [0.1, 0.15) is 25.1 Å². The Kier molecular flexibility index (Phi) is 4.45. The van der Waals surface area contributed by atoms with Crippen LogP contribution in [-0.2, 0) is 11.2 Å². The predicted octanol–water partition coefficient (Wildman–Crippen LogP) is -0.0543. The van der Waals surface area contributed by atoms with Crippen molar-refractivity contribution < 1.29 is 14.3 Å². The van der Waals surface area contributed by atoms with Crippen LogP contribution in [0.25, 0.3) is 0 Å². The third-order valence-corrected chi connectivity index (χ3v) is 4.51. The SMILES string of the molecule is CN1CC2(CCCN(C(=O)NCCc3nc(N)n[nH]3)CC2)OC1=O. The number of hydrogen-bond donors (Lipinski definition) is 3. The maximum atomic E-state index is 12.3. The van der Waals surface area contributed by atoms with Gasteiger partial charge in [0.15, 0.2) is 0 Å². The summed E-state index contributed by atoms with van der Waals surface area (Å²) in [6.45, 7) is 2.27. The Bertz CT molecular complexity index is 619. The number of hydrogen-bond acceptors (Lipinski definition) is 6. The summed E-state index contributed by atoms with van der Waals surface area (Å²) in [6, 6.07) is -0.114. The van der Waals surface area contributed by atoms with Crippen molar-refractivity contribution in [2.75, 3.05) is 39.0 Å². The highest BCUT2D eigenvalue weighted by molar-refractivity contribution is 5.74. The maximum absolute atomic E-state index is 12.3. The normalized spacial score (nSPS) is 24.1. The van der Waals surface area contributed by atoms with E-state index in [-0.39, 0.29) is 18.1 Å². The number of likely N-dealkylation sites (N-methyl/N-ethyl adjacent to an activating group) is 1. The number of nitrogens with one attached hydrogen (secondary N) is 2. The molecule has 1 aromatic rings. The summed E-state index contributed by atoms with van der Waals surface area (Å²) in [5.41, 5.74) is 4.99. The van der Waals surface area contributed by atoms with Crippen LogP contribution in [0.3, 0.4) is 0 Å². The summed E-state index contributed by atoms with van der Waals surface area (Å²) in [5, 5.41) is 9.32. The van der Waals surface area contributed by atoms with Crippen LogP contribution in [0.2, 0.25) is 0 Å². The molecule has 0 aromatic carbocycles. The Morgan fingerprint density at radius 1 is 1.46 bits per heavy atom. The average molecular weight is 337 g/mol.